The molecule has 5 heteroatoms. The molecule has 23 heavy (non-hydrogen) atoms. The first-order valence-corrected chi connectivity index (χ1v) is 9.06. The molecule has 0 aliphatic heterocycles. The average Bonchev–Trinajstić information content (AvgIpc) is 2.57. The summed E-state index contributed by atoms with van der Waals surface area (Å²) < 4.78 is 5.36. The topological polar surface area (TPSA) is 38.3 Å². The number of rotatable bonds is 8. The molecule has 0 saturated carbocycles. The van der Waals surface area contributed by atoms with E-state index in [1.54, 1.807) is 30.0 Å². The van der Waals surface area contributed by atoms with Gasteiger partial charge in [0, 0.05) is 23.6 Å². The lowest BCUT2D eigenvalue weighted by Gasteiger charge is -2.08. The zero-order valence-electron chi connectivity index (χ0n) is 13.0. The summed E-state index contributed by atoms with van der Waals surface area (Å²) in [7, 11) is 0. The van der Waals surface area contributed by atoms with Gasteiger partial charge in [0.1, 0.15) is 5.75 Å². The first kappa shape index (κ1) is 17.7. The number of carbonyl (C=O) groups is 1. The minimum atomic E-state index is -0.116. The molecule has 0 spiro atoms. The Hall–Kier alpha value is -1.65. The van der Waals surface area contributed by atoms with E-state index in [-0.39, 0.29) is 5.91 Å². The van der Waals surface area contributed by atoms with Crippen molar-refractivity contribution in [3.63, 3.8) is 0 Å². The predicted octanol–water partition coefficient (Wildman–Crippen LogP) is 4.40. The summed E-state index contributed by atoms with van der Waals surface area (Å²) >= 11 is 7.89. The maximum absolute atomic E-state index is 12.1. The minimum Gasteiger partial charge on any atom is -0.492 e. The average molecular weight is 350 g/mol. The van der Waals surface area contributed by atoms with Gasteiger partial charge in [-0.3, -0.25) is 4.79 Å². The fourth-order valence-electron chi connectivity index (χ4n) is 2.02. The van der Waals surface area contributed by atoms with E-state index in [1.807, 2.05) is 25.1 Å². The van der Waals surface area contributed by atoms with E-state index in [2.05, 4.69) is 17.4 Å². The SMILES string of the molecule is CCOc1ccc(C(=O)NCCSCc2ccccc2)cc1Cl. The van der Waals surface area contributed by atoms with Gasteiger partial charge in [-0.1, -0.05) is 41.9 Å². The predicted molar refractivity (Wildman–Crippen MR) is 97.6 cm³/mol. The van der Waals surface area contributed by atoms with Gasteiger partial charge in [-0.25, -0.2) is 0 Å². The van der Waals surface area contributed by atoms with Crippen molar-refractivity contribution in [1.29, 1.82) is 0 Å². The van der Waals surface area contributed by atoms with Crippen LogP contribution in [0.5, 0.6) is 5.75 Å². The van der Waals surface area contributed by atoms with E-state index in [4.69, 9.17) is 16.3 Å². The molecule has 1 N–H and O–H groups in total. The lowest BCUT2D eigenvalue weighted by atomic mass is 10.2. The second kappa shape index (κ2) is 9.48. The molecule has 0 fully saturated rings. The number of amides is 1. The van der Waals surface area contributed by atoms with E-state index in [1.165, 1.54) is 5.56 Å². The third kappa shape index (κ3) is 5.81. The maximum atomic E-state index is 12.1. The van der Waals surface area contributed by atoms with Gasteiger partial charge in [-0.15, -0.1) is 0 Å². The maximum Gasteiger partial charge on any atom is 0.251 e. The molecule has 2 aromatic carbocycles. The van der Waals surface area contributed by atoms with E-state index >= 15 is 0 Å². The number of benzene rings is 2. The summed E-state index contributed by atoms with van der Waals surface area (Å²) in [4.78, 5) is 12.1. The highest BCUT2D eigenvalue weighted by molar-refractivity contribution is 7.98. The molecule has 3 nitrogen and oxygen atoms in total. The van der Waals surface area contributed by atoms with Crippen molar-refractivity contribution in [3.8, 4) is 5.75 Å². The van der Waals surface area contributed by atoms with Crippen LogP contribution in [0.25, 0.3) is 0 Å². The van der Waals surface area contributed by atoms with Crippen molar-refractivity contribution in [2.45, 2.75) is 12.7 Å². The molecular weight excluding hydrogens is 330 g/mol. The molecular formula is C18H20ClNO2S. The number of thioether (sulfide) groups is 1. The van der Waals surface area contributed by atoms with E-state index in [9.17, 15) is 4.79 Å². The molecule has 122 valence electrons. The van der Waals surface area contributed by atoms with Gasteiger partial charge in [-0.2, -0.15) is 11.8 Å². The molecule has 2 aromatic rings. The number of carbonyl (C=O) groups excluding carboxylic acids is 1. The van der Waals surface area contributed by atoms with Gasteiger partial charge in [0.15, 0.2) is 0 Å². The molecule has 0 atom stereocenters. The second-order valence-corrected chi connectivity index (χ2v) is 6.38. The number of nitrogens with one attached hydrogen (secondary N) is 1. The normalized spacial score (nSPS) is 10.3. The Morgan fingerprint density at radius 2 is 2.00 bits per heavy atom. The molecule has 0 aliphatic carbocycles. The molecule has 1 amide bonds. The number of hydrogen-bond donors (Lipinski definition) is 1. The summed E-state index contributed by atoms with van der Waals surface area (Å²) in [6.07, 6.45) is 0. The highest BCUT2D eigenvalue weighted by atomic mass is 35.5. The summed E-state index contributed by atoms with van der Waals surface area (Å²) in [5, 5.41) is 3.36. The van der Waals surface area contributed by atoms with Crippen LogP contribution in [0.4, 0.5) is 0 Å². The quantitative estimate of drug-likeness (QED) is 0.718. The van der Waals surface area contributed by atoms with Crippen molar-refractivity contribution < 1.29 is 9.53 Å². The first-order valence-electron chi connectivity index (χ1n) is 7.53. The van der Waals surface area contributed by atoms with Crippen molar-refractivity contribution >= 4 is 29.3 Å². The van der Waals surface area contributed by atoms with Crippen LogP contribution >= 0.6 is 23.4 Å². The van der Waals surface area contributed by atoms with Gasteiger partial charge < -0.3 is 10.1 Å². The summed E-state index contributed by atoms with van der Waals surface area (Å²) in [6, 6.07) is 15.4. The molecule has 0 aromatic heterocycles. The molecule has 0 heterocycles. The van der Waals surface area contributed by atoms with Crippen molar-refractivity contribution in [1.82, 2.24) is 5.32 Å². The Morgan fingerprint density at radius 1 is 1.22 bits per heavy atom. The molecule has 0 bridgehead atoms. The lowest BCUT2D eigenvalue weighted by Crippen LogP contribution is -2.25. The van der Waals surface area contributed by atoms with Crippen molar-refractivity contribution in [2.75, 3.05) is 18.9 Å². The zero-order valence-corrected chi connectivity index (χ0v) is 14.6. The van der Waals surface area contributed by atoms with E-state index < -0.39 is 0 Å². The summed E-state index contributed by atoms with van der Waals surface area (Å²) in [5.74, 6) is 2.30. The van der Waals surface area contributed by atoms with Crippen LogP contribution in [0.1, 0.15) is 22.8 Å². The standard InChI is InChI=1S/C18H20ClNO2S/c1-2-22-17-9-8-15(12-16(17)19)18(21)20-10-11-23-13-14-6-4-3-5-7-14/h3-9,12H,2,10-11,13H2,1H3,(H,20,21). The van der Waals surface area contributed by atoms with E-state index in [0.717, 1.165) is 11.5 Å². The monoisotopic (exact) mass is 349 g/mol. The minimum absolute atomic E-state index is 0.116. The van der Waals surface area contributed by atoms with E-state index in [0.29, 0.717) is 29.5 Å². The summed E-state index contributed by atoms with van der Waals surface area (Å²) in [5.41, 5.74) is 1.84. The van der Waals surface area contributed by atoms with Crippen LogP contribution < -0.4 is 10.1 Å². The highest BCUT2D eigenvalue weighted by Gasteiger charge is 2.08. The van der Waals surface area contributed by atoms with Crippen LogP contribution in [-0.2, 0) is 5.75 Å². The molecule has 0 saturated heterocycles. The number of halogens is 1. The second-order valence-electron chi connectivity index (χ2n) is 4.87. The Labute approximate surface area is 146 Å². The lowest BCUT2D eigenvalue weighted by molar-refractivity contribution is 0.0956. The zero-order chi connectivity index (χ0) is 16.5. The Balaban J connectivity index is 1.73. The third-order valence-electron chi connectivity index (χ3n) is 3.14. The molecule has 0 unspecified atom stereocenters. The molecule has 2 rings (SSSR count). The molecule has 0 aliphatic rings. The van der Waals surface area contributed by atoms with Gasteiger partial charge in [0.25, 0.3) is 5.91 Å². The fraction of sp³-hybridized carbons (Fsp3) is 0.278. The van der Waals surface area contributed by atoms with Crippen molar-refractivity contribution in [3.05, 3.63) is 64.7 Å². The van der Waals surface area contributed by atoms with Crippen LogP contribution in [-0.4, -0.2) is 24.8 Å². The number of hydrogen-bond acceptors (Lipinski definition) is 3. The molecule has 0 radical (unpaired) electrons. The van der Waals surface area contributed by atoms with Crippen LogP contribution in [0.15, 0.2) is 48.5 Å². The van der Waals surface area contributed by atoms with Crippen molar-refractivity contribution in [2.24, 2.45) is 0 Å². The van der Waals surface area contributed by atoms with Crippen LogP contribution in [0.3, 0.4) is 0 Å². The highest BCUT2D eigenvalue weighted by Crippen LogP contribution is 2.25. The Bertz CT molecular complexity index is 634. The summed E-state index contributed by atoms with van der Waals surface area (Å²) in [6.45, 7) is 3.06. The third-order valence-corrected chi connectivity index (χ3v) is 4.46. The van der Waals surface area contributed by atoms with Gasteiger partial charge >= 0.3 is 0 Å². The Kier molecular flexibility index (Phi) is 7.30. The Morgan fingerprint density at radius 3 is 2.70 bits per heavy atom. The van der Waals surface area contributed by atoms with Crippen LogP contribution in [0, 0.1) is 0 Å². The number of ether oxygens (including phenoxy) is 1. The smallest absolute Gasteiger partial charge is 0.251 e. The largest absolute Gasteiger partial charge is 0.492 e. The fourth-order valence-corrected chi connectivity index (χ4v) is 3.07. The van der Waals surface area contributed by atoms with Crippen LogP contribution in [0.2, 0.25) is 5.02 Å². The van der Waals surface area contributed by atoms with Gasteiger partial charge in [0.2, 0.25) is 0 Å². The van der Waals surface area contributed by atoms with Gasteiger partial charge in [0.05, 0.1) is 11.6 Å². The van der Waals surface area contributed by atoms with Gasteiger partial charge in [-0.05, 0) is 30.7 Å². The first-order chi connectivity index (χ1) is 11.2.